The van der Waals surface area contributed by atoms with Crippen molar-refractivity contribution < 1.29 is 9.47 Å². The molecule has 104 valence electrons. The van der Waals surface area contributed by atoms with E-state index >= 15 is 0 Å². The predicted octanol–water partition coefficient (Wildman–Crippen LogP) is 2.05. The third-order valence-corrected chi connectivity index (χ3v) is 3.49. The first kappa shape index (κ1) is 12.9. The molecule has 2 aromatic rings. The van der Waals surface area contributed by atoms with Crippen LogP contribution in [0.25, 0.3) is 10.9 Å². The quantitative estimate of drug-likeness (QED) is 0.855. The van der Waals surface area contributed by atoms with Crippen LogP contribution in [0.15, 0.2) is 12.3 Å². The molecule has 0 unspecified atom stereocenters. The van der Waals surface area contributed by atoms with E-state index in [4.69, 9.17) is 14.7 Å². The molecule has 0 aromatic carbocycles. The van der Waals surface area contributed by atoms with Crippen LogP contribution in [0.4, 0.5) is 0 Å². The second-order valence-corrected chi connectivity index (χ2v) is 4.72. The number of rotatable bonds is 3. The largest absolute Gasteiger partial charge is 0.477 e. The minimum absolute atomic E-state index is 0.310. The average molecular weight is 272 g/mol. The minimum Gasteiger partial charge on any atom is -0.477 e. The Morgan fingerprint density at radius 3 is 3.00 bits per heavy atom. The number of ether oxygens (including phenoxy) is 2. The Hall–Kier alpha value is -2.13. The number of nitriles is 1. The molecule has 3 rings (SSSR count). The molecule has 0 amide bonds. The fourth-order valence-corrected chi connectivity index (χ4v) is 2.54. The highest BCUT2D eigenvalue weighted by Crippen LogP contribution is 2.29. The first-order chi connectivity index (χ1) is 9.83. The average Bonchev–Trinajstić information content (AvgIpc) is 2.92. The van der Waals surface area contributed by atoms with Gasteiger partial charge in [-0.15, -0.1) is 0 Å². The molecule has 1 aliphatic heterocycles. The van der Waals surface area contributed by atoms with Gasteiger partial charge in [-0.1, -0.05) is 0 Å². The molecule has 0 N–H and O–H groups in total. The molecule has 0 radical (unpaired) electrons. The second kappa shape index (κ2) is 5.47. The molecule has 6 nitrogen and oxygen atoms in total. The number of hydrogen-bond acceptors (Lipinski definition) is 5. The molecule has 2 aromatic heterocycles. The third-order valence-electron chi connectivity index (χ3n) is 3.49. The summed E-state index contributed by atoms with van der Waals surface area (Å²) in [4.78, 5) is 4.21. The molecule has 0 aliphatic carbocycles. The lowest BCUT2D eigenvalue weighted by atomic mass is 10.1. The fourth-order valence-electron chi connectivity index (χ4n) is 2.54. The lowest BCUT2D eigenvalue weighted by Gasteiger charge is -2.23. The SMILES string of the molecule is CCOc1nc(C#N)cc2c1cnn2C1CCOCC1. The van der Waals surface area contributed by atoms with Crippen molar-refractivity contribution in [3.8, 4) is 11.9 Å². The molecule has 0 saturated carbocycles. The monoisotopic (exact) mass is 272 g/mol. The Morgan fingerprint density at radius 1 is 1.50 bits per heavy atom. The molecule has 0 bridgehead atoms. The summed E-state index contributed by atoms with van der Waals surface area (Å²) >= 11 is 0. The molecule has 1 saturated heterocycles. The predicted molar refractivity (Wildman–Crippen MR) is 72.5 cm³/mol. The van der Waals surface area contributed by atoms with Crippen LogP contribution in [0.2, 0.25) is 0 Å². The number of pyridine rings is 1. The van der Waals surface area contributed by atoms with Crippen molar-refractivity contribution >= 4 is 10.9 Å². The van der Waals surface area contributed by atoms with Gasteiger partial charge < -0.3 is 9.47 Å². The standard InChI is InChI=1S/C14H16N4O2/c1-2-20-14-12-9-16-18(11-3-5-19-6-4-11)13(12)7-10(8-15)17-14/h7,9,11H,2-6H2,1H3. The van der Waals surface area contributed by atoms with E-state index < -0.39 is 0 Å². The van der Waals surface area contributed by atoms with Gasteiger partial charge in [0.1, 0.15) is 11.8 Å². The van der Waals surface area contributed by atoms with E-state index in [9.17, 15) is 0 Å². The summed E-state index contributed by atoms with van der Waals surface area (Å²) in [5.74, 6) is 0.486. The van der Waals surface area contributed by atoms with Crippen molar-refractivity contribution in [2.75, 3.05) is 19.8 Å². The highest BCUT2D eigenvalue weighted by molar-refractivity contribution is 5.84. The summed E-state index contributed by atoms with van der Waals surface area (Å²) in [7, 11) is 0. The highest BCUT2D eigenvalue weighted by atomic mass is 16.5. The third kappa shape index (κ3) is 2.21. The fraction of sp³-hybridized carbons (Fsp3) is 0.500. The molecule has 6 heteroatoms. The molecule has 20 heavy (non-hydrogen) atoms. The number of fused-ring (bicyclic) bond motifs is 1. The molecular weight excluding hydrogens is 256 g/mol. The molecule has 1 aliphatic rings. The van der Waals surface area contributed by atoms with Gasteiger partial charge in [0.2, 0.25) is 5.88 Å². The maximum absolute atomic E-state index is 9.11. The minimum atomic E-state index is 0.310. The Kier molecular flexibility index (Phi) is 3.52. The topological polar surface area (TPSA) is 73.0 Å². The molecule has 0 atom stereocenters. The van der Waals surface area contributed by atoms with Gasteiger partial charge in [-0.3, -0.25) is 4.68 Å². The van der Waals surface area contributed by atoms with Crippen LogP contribution in [0.3, 0.4) is 0 Å². The van der Waals surface area contributed by atoms with Crippen LogP contribution >= 0.6 is 0 Å². The van der Waals surface area contributed by atoms with E-state index in [0.29, 0.717) is 24.2 Å². The molecular formula is C14H16N4O2. The first-order valence-electron chi connectivity index (χ1n) is 6.82. The molecule has 3 heterocycles. The van der Waals surface area contributed by atoms with Gasteiger partial charge in [0.05, 0.1) is 29.7 Å². The lowest BCUT2D eigenvalue weighted by molar-refractivity contribution is 0.0675. The Morgan fingerprint density at radius 2 is 2.30 bits per heavy atom. The van der Waals surface area contributed by atoms with Crippen LogP contribution in [0.5, 0.6) is 5.88 Å². The number of aromatic nitrogens is 3. The van der Waals surface area contributed by atoms with E-state index in [1.807, 2.05) is 11.6 Å². The summed E-state index contributed by atoms with van der Waals surface area (Å²) in [6, 6.07) is 4.17. The van der Waals surface area contributed by atoms with Gasteiger partial charge in [-0.2, -0.15) is 10.4 Å². The normalized spacial score (nSPS) is 16.2. The Balaban J connectivity index is 2.10. The zero-order valence-electron chi connectivity index (χ0n) is 11.4. The van der Waals surface area contributed by atoms with Crippen molar-refractivity contribution in [1.29, 1.82) is 5.26 Å². The van der Waals surface area contributed by atoms with Crippen LogP contribution < -0.4 is 4.74 Å². The van der Waals surface area contributed by atoms with Crippen molar-refractivity contribution in [1.82, 2.24) is 14.8 Å². The van der Waals surface area contributed by atoms with E-state index in [1.54, 1.807) is 12.3 Å². The lowest BCUT2D eigenvalue weighted by Crippen LogP contribution is -2.20. The smallest absolute Gasteiger partial charge is 0.225 e. The Bertz CT molecular complexity index is 653. The summed E-state index contributed by atoms with van der Waals surface area (Å²) in [6.07, 6.45) is 3.64. The summed E-state index contributed by atoms with van der Waals surface area (Å²) in [5.41, 5.74) is 1.27. The number of hydrogen-bond donors (Lipinski definition) is 0. The summed E-state index contributed by atoms with van der Waals surface area (Å²) in [5, 5.41) is 14.4. The van der Waals surface area contributed by atoms with Crippen molar-refractivity contribution in [2.45, 2.75) is 25.8 Å². The van der Waals surface area contributed by atoms with Crippen LogP contribution in [0.1, 0.15) is 31.5 Å². The van der Waals surface area contributed by atoms with Gasteiger partial charge in [0.15, 0.2) is 0 Å². The van der Waals surface area contributed by atoms with E-state index in [2.05, 4.69) is 16.2 Å². The number of nitrogens with zero attached hydrogens (tertiary/aromatic N) is 4. The zero-order valence-corrected chi connectivity index (χ0v) is 11.4. The molecule has 0 spiro atoms. The van der Waals surface area contributed by atoms with Crippen molar-refractivity contribution in [3.05, 3.63) is 18.0 Å². The van der Waals surface area contributed by atoms with Gasteiger partial charge >= 0.3 is 0 Å². The van der Waals surface area contributed by atoms with Gasteiger partial charge in [-0.25, -0.2) is 4.98 Å². The maximum Gasteiger partial charge on any atom is 0.225 e. The maximum atomic E-state index is 9.11. The van der Waals surface area contributed by atoms with E-state index in [-0.39, 0.29) is 0 Å². The van der Waals surface area contributed by atoms with Crippen LogP contribution in [-0.4, -0.2) is 34.6 Å². The Labute approximate surface area is 116 Å². The van der Waals surface area contributed by atoms with Crippen molar-refractivity contribution in [2.24, 2.45) is 0 Å². The van der Waals surface area contributed by atoms with E-state index in [0.717, 1.165) is 37.0 Å². The summed E-state index contributed by atoms with van der Waals surface area (Å²) < 4.78 is 12.9. The van der Waals surface area contributed by atoms with Gasteiger partial charge in [0.25, 0.3) is 0 Å². The second-order valence-electron chi connectivity index (χ2n) is 4.72. The first-order valence-corrected chi connectivity index (χ1v) is 6.82. The molecule has 1 fully saturated rings. The summed E-state index contributed by atoms with van der Waals surface area (Å²) in [6.45, 7) is 3.91. The van der Waals surface area contributed by atoms with Crippen molar-refractivity contribution in [3.63, 3.8) is 0 Å². The zero-order chi connectivity index (χ0) is 13.9. The van der Waals surface area contributed by atoms with Gasteiger partial charge in [0, 0.05) is 19.3 Å². The van der Waals surface area contributed by atoms with E-state index in [1.165, 1.54) is 0 Å². The van der Waals surface area contributed by atoms with Crippen LogP contribution in [0, 0.1) is 11.3 Å². The highest BCUT2D eigenvalue weighted by Gasteiger charge is 2.20. The van der Waals surface area contributed by atoms with Crippen LogP contribution in [-0.2, 0) is 4.74 Å². The van der Waals surface area contributed by atoms with Gasteiger partial charge in [-0.05, 0) is 19.8 Å².